The summed E-state index contributed by atoms with van der Waals surface area (Å²) in [5.74, 6) is 1.67. The fourth-order valence-corrected chi connectivity index (χ4v) is 10.4. The van der Waals surface area contributed by atoms with E-state index in [1.165, 1.54) is 49.4 Å². The van der Waals surface area contributed by atoms with Gasteiger partial charge < -0.3 is 44.8 Å². The van der Waals surface area contributed by atoms with Gasteiger partial charge in [-0.2, -0.15) is 0 Å². The predicted octanol–water partition coefficient (Wildman–Crippen LogP) is 8.49. The molecule has 1 aliphatic carbocycles. The van der Waals surface area contributed by atoms with Gasteiger partial charge in [-0.1, -0.05) is 52.0 Å². The lowest BCUT2D eigenvalue weighted by Gasteiger charge is -2.33. The van der Waals surface area contributed by atoms with Gasteiger partial charge in [0.05, 0.1) is 60.5 Å². The summed E-state index contributed by atoms with van der Waals surface area (Å²) in [4.78, 5) is 75.7. The van der Waals surface area contributed by atoms with Crippen LogP contribution in [0.1, 0.15) is 137 Å². The number of anilines is 1. The average molecular weight is 872 g/mol. The Hall–Kier alpha value is -6.12. The Morgan fingerprint density at radius 1 is 0.594 bits per heavy atom. The first-order chi connectivity index (χ1) is 30.9. The van der Waals surface area contributed by atoms with Gasteiger partial charge in [-0.3, -0.25) is 9.59 Å². The number of carbonyl (C=O) groups is 4. The molecule has 338 valence electrons. The van der Waals surface area contributed by atoms with Gasteiger partial charge in [0.1, 0.15) is 23.7 Å². The quantitative estimate of drug-likeness (QED) is 0.0957. The molecule has 15 nitrogen and oxygen atoms in total. The molecule has 5 aromatic rings. The number of likely N-dealkylation sites (tertiary alicyclic amines) is 2. The molecule has 1 saturated carbocycles. The van der Waals surface area contributed by atoms with Crippen molar-refractivity contribution in [3.63, 3.8) is 0 Å². The van der Waals surface area contributed by atoms with E-state index in [9.17, 15) is 19.2 Å². The molecule has 4 fully saturated rings. The Kier molecular flexibility index (Phi) is 12.0. The minimum Gasteiger partial charge on any atom is -0.453 e. The summed E-state index contributed by atoms with van der Waals surface area (Å²) in [6, 6.07) is 20.5. The van der Waals surface area contributed by atoms with Crippen molar-refractivity contribution in [1.29, 1.82) is 0 Å². The number of hydrogen-bond acceptors (Lipinski definition) is 9. The lowest BCUT2D eigenvalue weighted by Crippen LogP contribution is -2.51. The van der Waals surface area contributed by atoms with Crippen LogP contribution in [0, 0.1) is 11.8 Å². The fraction of sp³-hybridized carbons (Fsp3) is 0.510. The van der Waals surface area contributed by atoms with Crippen LogP contribution >= 0.6 is 0 Å². The van der Waals surface area contributed by atoms with Crippen LogP contribution in [0.25, 0.3) is 22.1 Å². The second-order valence-electron chi connectivity index (χ2n) is 18.8. The van der Waals surface area contributed by atoms with Crippen molar-refractivity contribution in [3.8, 4) is 0 Å². The molecule has 4 N–H and O–H groups in total. The normalized spacial score (nSPS) is 22.2. The number of fused-ring (bicyclic) bond motifs is 2. The lowest BCUT2D eigenvalue weighted by atomic mass is 10.0. The molecule has 9 rings (SSSR count). The molecule has 6 atom stereocenters. The Balaban J connectivity index is 0.994. The van der Waals surface area contributed by atoms with E-state index in [1.807, 2.05) is 37.5 Å². The number of alkyl carbamates (subject to hydrolysis) is 2. The molecule has 64 heavy (non-hydrogen) atoms. The molecule has 3 aliphatic heterocycles. The first-order valence-electron chi connectivity index (χ1n) is 23.1. The molecular weight excluding hydrogens is 811 g/mol. The smallest absolute Gasteiger partial charge is 0.407 e. The van der Waals surface area contributed by atoms with Crippen LogP contribution < -0.4 is 15.5 Å². The zero-order valence-electron chi connectivity index (χ0n) is 37.7. The van der Waals surface area contributed by atoms with E-state index in [1.54, 1.807) is 0 Å². The minimum absolute atomic E-state index is 0.0816. The maximum Gasteiger partial charge on any atom is 0.407 e. The van der Waals surface area contributed by atoms with E-state index in [-0.39, 0.29) is 47.8 Å². The van der Waals surface area contributed by atoms with Gasteiger partial charge in [0, 0.05) is 18.8 Å². The second kappa shape index (κ2) is 17.8. The molecule has 5 heterocycles. The number of rotatable bonds is 12. The Bertz CT molecular complexity index is 2380. The van der Waals surface area contributed by atoms with Crippen LogP contribution in [0.3, 0.4) is 0 Å². The number of methoxy groups -OCH3 is 2. The van der Waals surface area contributed by atoms with Gasteiger partial charge in [0.2, 0.25) is 11.8 Å². The topological polar surface area (TPSA) is 178 Å². The zero-order chi connectivity index (χ0) is 44.8. The first kappa shape index (κ1) is 43.1. The minimum atomic E-state index is -0.700. The summed E-state index contributed by atoms with van der Waals surface area (Å²) in [6.45, 7) is 8.86. The van der Waals surface area contributed by atoms with E-state index >= 15 is 0 Å². The van der Waals surface area contributed by atoms with Gasteiger partial charge in [-0.25, -0.2) is 19.6 Å². The van der Waals surface area contributed by atoms with Crippen LogP contribution in [0.5, 0.6) is 0 Å². The number of nitrogens with one attached hydrogen (secondary N) is 4. The van der Waals surface area contributed by atoms with Crippen LogP contribution in [0.4, 0.5) is 15.3 Å². The summed E-state index contributed by atoms with van der Waals surface area (Å²) in [5.41, 5.74) is 8.48. The summed E-state index contributed by atoms with van der Waals surface area (Å²) < 4.78 is 9.66. The monoisotopic (exact) mass is 871 g/mol. The van der Waals surface area contributed by atoms with E-state index in [0.717, 1.165) is 72.2 Å². The van der Waals surface area contributed by atoms with Gasteiger partial charge in [-0.15, -0.1) is 0 Å². The summed E-state index contributed by atoms with van der Waals surface area (Å²) in [6.07, 6.45) is 6.38. The predicted molar refractivity (Wildman–Crippen MR) is 244 cm³/mol. The Morgan fingerprint density at radius 3 is 1.44 bits per heavy atom. The SMILES string of the molecule is COC(=O)NC(C(=O)N1CCC[C@H]1c1nc2cc([C@H]3CC[C@H](c4ccc5[nH]c([C@@H]6CCCN6C(=O)[C@@H](NC(=O)OC)C(C)C)nc5c4)N3c3ccc(C4CC4)cc3)ccc2[nH]1)C(C)C. The van der Waals surface area contributed by atoms with Crippen molar-refractivity contribution in [2.45, 2.75) is 121 Å². The highest BCUT2D eigenvalue weighted by molar-refractivity contribution is 5.87. The van der Waals surface area contributed by atoms with E-state index in [0.29, 0.717) is 19.0 Å². The number of nitrogens with zero attached hydrogens (tertiary/aromatic N) is 5. The number of aromatic amines is 2. The van der Waals surface area contributed by atoms with Crippen molar-refractivity contribution in [2.75, 3.05) is 32.2 Å². The second-order valence-corrected chi connectivity index (χ2v) is 18.8. The van der Waals surface area contributed by atoms with Crippen LogP contribution in [-0.4, -0.2) is 93.1 Å². The number of aromatic nitrogens is 4. The Labute approximate surface area is 374 Å². The van der Waals surface area contributed by atoms with Gasteiger partial charge in [0.25, 0.3) is 0 Å². The third-order valence-electron chi connectivity index (χ3n) is 13.9. The van der Waals surface area contributed by atoms with Crippen molar-refractivity contribution in [3.05, 3.63) is 89.0 Å². The van der Waals surface area contributed by atoms with Crippen molar-refractivity contribution in [2.24, 2.45) is 11.8 Å². The van der Waals surface area contributed by atoms with Gasteiger partial charge in [0.15, 0.2) is 0 Å². The van der Waals surface area contributed by atoms with Crippen LogP contribution in [0.2, 0.25) is 0 Å². The fourth-order valence-electron chi connectivity index (χ4n) is 10.4. The molecule has 0 spiro atoms. The van der Waals surface area contributed by atoms with Crippen LogP contribution in [0.15, 0.2) is 60.7 Å². The lowest BCUT2D eigenvalue weighted by molar-refractivity contribution is -0.136. The number of benzene rings is 3. The number of H-pyrrole nitrogens is 2. The summed E-state index contributed by atoms with van der Waals surface area (Å²) in [7, 11) is 2.61. The number of hydrogen-bond donors (Lipinski definition) is 4. The van der Waals surface area contributed by atoms with E-state index < -0.39 is 24.3 Å². The van der Waals surface area contributed by atoms with Crippen molar-refractivity contribution < 1.29 is 28.7 Å². The number of imidazole rings is 2. The number of ether oxygens (including phenoxy) is 2. The molecule has 0 radical (unpaired) electrons. The highest BCUT2D eigenvalue weighted by atomic mass is 16.5. The first-order valence-corrected chi connectivity index (χ1v) is 23.1. The molecule has 4 amide bonds. The highest BCUT2D eigenvalue weighted by Gasteiger charge is 2.41. The number of amides is 4. The molecule has 3 saturated heterocycles. The molecule has 1 unspecified atom stereocenters. The summed E-state index contributed by atoms with van der Waals surface area (Å²) in [5, 5.41) is 5.49. The molecular formula is C49H61N9O6. The van der Waals surface area contributed by atoms with Crippen molar-refractivity contribution in [1.82, 2.24) is 40.4 Å². The van der Waals surface area contributed by atoms with E-state index in [4.69, 9.17) is 19.4 Å². The third kappa shape index (κ3) is 8.36. The molecule has 2 aromatic heterocycles. The van der Waals surface area contributed by atoms with Gasteiger partial charge in [-0.05, 0) is 122 Å². The van der Waals surface area contributed by atoms with Crippen molar-refractivity contribution >= 4 is 51.8 Å². The maximum atomic E-state index is 13.9. The highest BCUT2D eigenvalue weighted by Crippen LogP contribution is 2.49. The molecule has 15 heteroatoms. The Morgan fingerprint density at radius 2 is 1.03 bits per heavy atom. The molecule has 4 aliphatic rings. The average Bonchev–Trinajstić information content (AvgIpc) is 3.84. The third-order valence-corrected chi connectivity index (χ3v) is 13.9. The summed E-state index contributed by atoms with van der Waals surface area (Å²) >= 11 is 0. The van der Waals surface area contributed by atoms with Gasteiger partial charge >= 0.3 is 12.2 Å². The molecule has 0 bridgehead atoms. The standard InChI is InChI=1S/C49H61N9O6/c1-27(2)42(54-48(61)63-5)46(59)56-23-7-9-40(56)44-50-34-19-15-31(25-36(34)52-44)38-21-22-39(58(38)33-17-13-30(14-18-33)29-11-12-29)32-16-20-35-37(26-32)53-45(51-35)41-10-8-24-57(41)47(60)43(28(3)4)55-49(62)64-6/h13-20,25-29,38-43H,7-12,21-24H2,1-6H3,(H,50,52)(H,51,53)(H,54,61)(H,55,62)/t38-,39-,40+,41+,42+,43?/m1/s1. The van der Waals surface area contributed by atoms with Crippen LogP contribution in [-0.2, 0) is 19.1 Å². The number of carbonyl (C=O) groups excluding carboxylic acids is 4. The maximum absolute atomic E-state index is 13.9. The zero-order valence-corrected chi connectivity index (χ0v) is 37.7. The largest absolute Gasteiger partial charge is 0.453 e. The van der Waals surface area contributed by atoms with E-state index in [2.05, 4.69) is 86.2 Å². The molecule has 3 aromatic carbocycles.